The summed E-state index contributed by atoms with van der Waals surface area (Å²) in [5, 5.41) is 3.71. The van der Waals surface area contributed by atoms with Gasteiger partial charge in [-0.25, -0.2) is 9.37 Å². The lowest BCUT2D eigenvalue weighted by atomic mass is 9.84. The van der Waals surface area contributed by atoms with Crippen molar-refractivity contribution in [2.24, 2.45) is 11.8 Å². The zero-order valence-corrected chi connectivity index (χ0v) is 19.7. The third-order valence-electron chi connectivity index (χ3n) is 6.28. The van der Waals surface area contributed by atoms with Crippen molar-refractivity contribution < 1.29 is 18.4 Å². The molecule has 3 aromatic rings. The number of amides is 2. The van der Waals surface area contributed by atoms with E-state index in [0.717, 1.165) is 24.2 Å². The molecule has 1 aliphatic rings. The summed E-state index contributed by atoms with van der Waals surface area (Å²) in [6.45, 7) is 5.59. The molecule has 8 heteroatoms. The summed E-state index contributed by atoms with van der Waals surface area (Å²) in [6, 6.07) is 9.88. The van der Waals surface area contributed by atoms with Gasteiger partial charge < -0.3 is 14.6 Å². The third-order valence-corrected chi connectivity index (χ3v) is 7.47. The first-order valence-electron chi connectivity index (χ1n) is 11.2. The standard InChI is InChI=1S/C25H28FN3O3S/c1-16(23(30)27-12-9-21-4-3-15-32-21)18-10-13-29(14-11-18)25(31)22-17(2)28-24(33-22)19-5-7-20(26)8-6-19/h3-8,15-16,18H,9-14H2,1-2H3,(H,27,30). The number of nitrogens with zero attached hydrogens (tertiary/aromatic N) is 2. The topological polar surface area (TPSA) is 75.4 Å². The molecule has 33 heavy (non-hydrogen) atoms. The number of piperidine rings is 1. The minimum Gasteiger partial charge on any atom is -0.469 e. The van der Waals surface area contributed by atoms with Gasteiger partial charge in [-0.15, -0.1) is 11.3 Å². The van der Waals surface area contributed by atoms with Gasteiger partial charge in [0.1, 0.15) is 21.5 Å². The zero-order chi connectivity index (χ0) is 23.4. The van der Waals surface area contributed by atoms with Crippen molar-refractivity contribution in [3.63, 3.8) is 0 Å². The van der Waals surface area contributed by atoms with Gasteiger partial charge in [0, 0.05) is 37.5 Å². The number of aromatic nitrogens is 1. The molecular weight excluding hydrogens is 441 g/mol. The van der Waals surface area contributed by atoms with Crippen molar-refractivity contribution in [3.05, 3.63) is 64.8 Å². The summed E-state index contributed by atoms with van der Waals surface area (Å²) in [5.74, 6) is 0.729. The number of thiazole rings is 1. The molecule has 4 rings (SSSR count). The minimum atomic E-state index is -0.299. The van der Waals surface area contributed by atoms with E-state index in [1.54, 1.807) is 18.4 Å². The number of benzene rings is 1. The number of furan rings is 1. The molecule has 0 spiro atoms. The van der Waals surface area contributed by atoms with Crippen molar-refractivity contribution >= 4 is 23.2 Å². The molecule has 1 N–H and O–H groups in total. The fourth-order valence-electron chi connectivity index (χ4n) is 4.20. The van der Waals surface area contributed by atoms with Crippen LogP contribution in [0.25, 0.3) is 10.6 Å². The van der Waals surface area contributed by atoms with E-state index in [-0.39, 0.29) is 29.5 Å². The maximum atomic E-state index is 13.2. The minimum absolute atomic E-state index is 0.0210. The summed E-state index contributed by atoms with van der Waals surface area (Å²) >= 11 is 1.34. The second kappa shape index (κ2) is 10.3. The van der Waals surface area contributed by atoms with E-state index < -0.39 is 0 Å². The van der Waals surface area contributed by atoms with E-state index in [1.807, 2.05) is 30.9 Å². The van der Waals surface area contributed by atoms with Gasteiger partial charge >= 0.3 is 0 Å². The summed E-state index contributed by atoms with van der Waals surface area (Å²) in [7, 11) is 0. The molecule has 1 unspecified atom stereocenters. The highest BCUT2D eigenvalue weighted by Crippen LogP contribution is 2.31. The number of hydrogen-bond donors (Lipinski definition) is 1. The first-order valence-corrected chi connectivity index (χ1v) is 12.1. The van der Waals surface area contributed by atoms with E-state index in [9.17, 15) is 14.0 Å². The molecule has 1 aromatic carbocycles. The highest BCUT2D eigenvalue weighted by atomic mass is 32.1. The fraction of sp³-hybridized carbons (Fsp3) is 0.400. The normalized spacial score (nSPS) is 15.4. The molecule has 6 nitrogen and oxygen atoms in total. The molecule has 3 heterocycles. The maximum absolute atomic E-state index is 13.2. The number of aryl methyl sites for hydroxylation is 1. The molecule has 0 aliphatic carbocycles. The highest BCUT2D eigenvalue weighted by molar-refractivity contribution is 7.17. The molecule has 1 fully saturated rings. The highest BCUT2D eigenvalue weighted by Gasteiger charge is 2.31. The zero-order valence-electron chi connectivity index (χ0n) is 18.8. The molecule has 0 saturated carbocycles. The number of hydrogen-bond acceptors (Lipinski definition) is 5. The number of carbonyl (C=O) groups excluding carboxylic acids is 2. The average molecular weight is 470 g/mol. The summed E-state index contributed by atoms with van der Waals surface area (Å²) in [4.78, 5) is 32.7. The molecule has 0 radical (unpaired) electrons. The van der Waals surface area contributed by atoms with Gasteiger partial charge in [-0.05, 0) is 62.1 Å². The largest absolute Gasteiger partial charge is 0.469 e. The molecular formula is C25H28FN3O3S. The van der Waals surface area contributed by atoms with Crippen LogP contribution in [0.5, 0.6) is 0 Å². The van der Waals surface area contributed by atoms with Gasteiger partial charge in [0.25, 0.3) is 5.91 Å². The first kappa shape index (κ1) is 23.2. The van der Waals surface area contributed by atoms with Crippen LogP contribution in [0.1, 0.15) is 40.9 Å². The quantitative estimate of drug-likeness (QED) is 0.544. The number of halogens is 1. The van der Waals surface area contributed by atoms with Gasteiger partial charge in [0.15, 0.2) is 0 Å². The van der Waals surface area contributed by atoms with Gasteiger partial charge in [-0.1, -0.05) is 6.92 Å². The molecule has 2 aromatic heterocycles. The summed E-state index contributed by atoms with van der Waals surface area (Å²) in [6.07, 6.45) is 3.89. The molecule has 1 saturated heterocycles. The Morgan fingerprint density at radius 3 is 2.64 bits per heavy atom. The monoisotopic (exact) mass is 469 g/mol. The van der Waals surface area contributed by atoms with Crippen molar-refractivity contribution in [2.45, 2.75) is 33.1 Å². The van der Waals surface area contributed by atoms with Crippen molar-refractivity contribution in [2.75, 3.05) is 19.6 Å². The Kier molecular flexibility index (Phi) is 7.23. The maximum Gasteiger partial charge on any atom is 0.265 e. The SMILES string of the molecule is Cc1nc(-c2ccc(F)cc2)sc1C(=O)N1CCC(C(C)C(=O)NCCc2ccco2)CC1. The van der Waals surface area contributed by atoms with Crippen molar-refractivity contribution in [1.82, 2.24) is 15.2 Å². The predicted molar refractivity (Wildman–Crippen MR) is 125 cm³/mol. The van der Waals surface area contributed by atoms with E-state index in [0.29, 0.717) is 41.6 Å². The number of rotatable bonds is 7. The summed E-state index contributed by atoms with van der Waals surface area (Å²) in [5.41, 5.74) is 1.49. The Morgan fingerprint density at radius 2 is 1.97 bits per heavy atom. The van der Waals surface area contributed by atoms with E-state index in [2.05, 4.69) is 10.3 Å². The second-order valence-corrected chi connectivity index (χ2v) is 9.48. The Bertz CT molecular complexity index is 1090. The van der Waals surface area contributed by atoms with Gasteiger partial charge in [0.05, 0.1) is 12.0 Å². The van der Waals surface area contributed by atoms with Crippen LogP contribution in [0, 0.1) is 24.6 Å². The van der Waals surface area contributed by atoms with E-state index >= 15 is 0 Å². The van der Waals surface area contributed by atoms with Gasteiger partial charge in [0.2, 0.25) is 5.91 Å². The van der Waals surface area contributed by atoms with Crippen LogP contribution in [0.4, 0.5) is 4.39 Å². The molecule has 0 bridgehead atoms. The number of carbonyl (C=O) groups is 2. The Hall–Kier alpha value is -3.00. The summed E-state index contributed by atoms with van der Waals surface area (Å²) < 4.78 is 18.5. The van der Waals surface area contributed by atoms with Crippen LogP contribution in [-0.4, -0.2) is 41.3 Å². The Labute approximate surface area is 196 Å². The molecule has 1 aliphatic heterocycles. The van der Waals surface area contributed by atoms with Crippen LogP contribution in [0.3, 0.4) is 0 Å². The molecule has 1 atom stereocenters. The third kappa shape index (κ3) is 5.50. The lowest BCUT2D eigenvalue weighted by molar-refractivity contribution is -0.126. The van der Waals surface area contributed by atoms with Gasteiger partial charge in [-0.3, -0.25) is 9.59 Å². The second-order valence-electron chi connectivity index (χ2n) is 8.48. The lowest BCUT2D eigenvalue weighted by Crippen LogP contribution is -2.43. The van der Waals surface area contributed by atoms with Crippen LogP contribution < -0.4 is 5.32 Å². The number of likely N-dealkylation sites (tertiary alicyclic amines) is 1. The van der Waals surface area contributed by atoms with E-state index in [4.69, 9.17) is 4.42 Å². The Morgan fingerprint density at radius 1 is 1.24 bits per heavy atom. The van der Waals surface area contributed by atoms with Crippen LogP contribution in [-0.2, 0) is 11.2 Å². The number of nitrogens with one attached hydrogen (secondary N) is 1. The van der Waals surface area contributed by atoms with Crippen LogP contribution in [0.15, 0.2) is 47.1 Å². The lowest BCUT2D eigenvalue weighted by Gasteiger charge is -2.34. The molecule has 2 amide bonds. The smallest absolute Gasteiger partial charge is 0.265 e. The van der Waals surface area contributed by atoms with Crippen molar-refractivity contribution in [3.8, 4) is 10.6 Å². The molecule has 174 valence electrons. The predicted octanol–water partition coefficient (Wildman–Crippen LogP) is 4.70. The first-order chi connectivity index (χ1) is 15.9. The van der Waals surface area contributed by atoms with E-state index in [1.165, 1.54) is 23.5 Å². The Balaban J connectivity index is 1.29. The average Bonchev–Trinajstić information content (AvgIpc) is 3.48. The van der Waals surface area contributed by atoms with Crippen molar-refractivity contribution in [1.29, 1.82) is 0 Å². The van der Waals surface area contributed by atoms with Crippen LogP contribution >= 0.6 is 11.3 Å². The fourth-order valence-corrected chi connectivity index (χ4v) is 5.24. The van der Waals surface area contributed by atoms with Gasteiger partial charge in [-0.2, -0.15) is 0 Å². The van der Waals surface area contributed by atoms with Crippen LogP contribution in [0.2, 0.25) is 0 Å².